The Labute approximate surface area is 173 Å². The molecule has 2 aromatic rings. The fourth-order valence-corrected chi connectivity index (χ4v) is 3.01. The standard InChI is InChI=1S/C18H14ClF3N4O4/c1-17(10-4-6-11(7-5-10)30-18(20,21)22)15(28)26(16(29)25-17)9-13(27)24-12-3-2-8-23-14(12)19/h2-8H,9H2,1H3,(H,24,27)(H,25,29). The van der Waals surface area contributed by atoms with Crippen molar-refractivity contribution in [2.75, 3.05) is 11.9 Å². The van der Waals surface area contributed by atoms with Crippen molar-refractivity contribution < 1.29 is 32.3 Å². The molecule has 0 bridgehead atoms. The van der Waals surface area contributed by atoms with Crippen LogP contribution in [-0.2, 0) is 15.1 Å². The average molecular weight is 443 g/mol. The van der Waals surface area contributed by atoms with Crippen LogP contribution in [0.15, 0.2) is 42.6 Å². The van der Waals surface area contributed by atoms with Crippen LogP contribution in [0.5, 0.6) is 5.75 Å². The van der Waals surface area contributed by atoms with E-state index in [0.29, 0.717) is 4.90 Å². The number of nitrogens with one attached hydrogen (secondary N) is 2. The molecule has 1 saturated heterocycles. The Balaban J connectivity index is 1.73. The number of halogens is 4. The van der Waals surface area contributed by atoms with Crippen LogP contribution in [-0.4, -0.2) is 40.6 Å². The molecule has 1 fully saturated rings. The number of anilines is 1. The lowest BCUT2D eigenvalue weighted by Crippen LogP contribution is -2.42. The molecule has 1 unspecified atom stereocenters. The quantitative estimate of drug-likeness (QED) is 0.547. The summed E-state index contributed by atoms with van der Waals surface area (Å²) in [6, 6.07) is 6.69. The normalized spacial score (nSPS) is 18.9. The molecule has 12 heteroatoms. The molecule has 30 heavy (non-hydrogen) atoms. The zero-order chi connectivity index (χ0) is 22.1. The summed E-state index contributed by atoms with van der Waals surface area (Å²) in [5, 5.41) is 4.93. The van der Waals surface area contributed by atoms with Gasteiger partial charge in [-0.05, 0) is 36.8 Å². The molecule has 1 aliphatic heterocycles. The van der Waals surface area contributed by atoms with E-state index in [2.05, 4.69) is 20.4 Å². The molecule has 0 saturated carbocycles. The van der Waals surface area contributed by atoms with E-state index in [1.54, 1.807) is 6.07 Å². The van der Waals surface area contributed by atoms with Crippen LogP contribution in [0, 0.1) is 0 Å². The second-order valence-electron chi connectivity index (χ2n) is 6.41. The summed E-state index contributed by atoms with van der Waals surface area (Å²) >= 11 is 5.85. The Morgan fingerprint density at radius 1 is 1.27 bits per heavy atom. The first kappa shape index (κ1) is 21.4. The van der Waals surface area contributed by atoms with Crippen LogP contribution in [0.4, 0.5) is 23.7 Å². The lowest BCUT2D eigenvalue weighted by molar-refractivity contribution is -0.274. The number of amides is 4. The monoisotopic (exact) mass is 442 g/mol. The third-order valence-electron chi connectivity index (χ3n) is 4.28. The molecule has 3 rings (SSSR count). The maximum Gasteiger partial charge on any atom is 0.573 e. The number of nitrogens with zero attached hydrogens (tertiary/aromatic N) is 2. The number of carbonyl (C=O) groups excluding carboxylic acids is 3. The number of urea groups is 1. The molecule has 0 radical (unpaired) electrons. The molecule has 1 atom stereocenters. The number of alkyl halides is 3. The van der Waals surface area contributed by atoms with Gasteiger partial charge in [0.05, 0.1) is 5.69 Å². The fourth-order valence-electron chi connectivity index (χ4n) is 2.84. The Morgan fingerprint density at radius 3 is 2.53 bits per heavy atom. The van der Waals surface area contributed by atoms with Gasteiger partial charge in [-0.2, -0.15) is 0 Å². The van der Waals surface area contributed by atoms with Crippen molar-refractivity contribution in [2.24, 2.45) is 0 Å². The second-order valence-corrected chi connectivity index (χ2v) is 6.77. The van der Waals surface area contributed by atoms with Crippen molar-refractivity contribution in [1.29, 1.82) is 0 Å². The summed E-state index contributed by atoms with van der Waals surface area (Å²) in [4.78, 5) is 41.8. The summed E-state index contributed by atoms with van der Waals surface area (Å²) in [7, 11) is 0. The molecule has 4 amide bonds. The van der Waals surface area contributed by atoms with Gasteiger partial charge in [0.2, 0.25) is 5.91 Å². The van der Waals surface area contributed by atoms with Crippen LogP contribution in [0.3, 0.4) is 0 Å². The minimum atomic E-state index is -4.86. The van der Waals surface area contributed by atoms with Gasteiger partial charge in [0.25, 0.3) is 5.91 Å². The smallest absolute Gasteiger partial charge is 0.406 e. The first-order valence-electron chi connectivity index (χ1n) is 8.40. The summed E-state index contributed by atoms with van der Waals surface area (Å²) in [6.45, 7) is 0.781. The highest BCUT2D eigenvalue weighted by Gasteiger charge is 2.49. The highest BCUT2D eigenvalue weighted by molar-refractivity contribution is 6.32. The Kier molecular flexibility index (Phi) is 5.57. The van der Waals surface area contributed by atoms with Crippen molar-refractivity contribution in [3.8, 4) is 5.75 Å². The largest absolute Gasteiger partial charge is 0.573 e. The van der Waals surface area contributed by atoms with Gasteiger partial charge in [0, 0.05) is 6.20 Å². The lowest BCUT2D eigenvalue weighted by atomic mass is 9.92. The van der Waals surface area contributed by atoms with Crippen molar-refractivity contribution >= 4 is 35.1 Å². The van der Waals surface area contributed by atoms with Gasteiger partial charge in [-0.15, -0.1) is 13.2 Å². The summed E-state index contributed by atoms with van der Waals surface area (Å²) in [6.07, 6.45) is -3.43. The van der Waals surface area contributed by atoms with Crippen LogP contribution in [0.1, 0.15) is 12.5 Å². The maximum atomic E-state index is 12.8. The topological polar surface area (TPSA) is 101 Å². The van der Waals surface area contributed by atoms with E-state index < -0.39 is 42.0 Å². The third-order valence-corrected chi connectivity index (χ3v) is 4.58. The van der Waals surface area contributed by atoms with Crippen molar-refractivity contribution in [2.45, 2.75) is 18.8 Å². The minimum Gasteiger partial charge on any atom is -0.406 e. The minimum absolute atomic E-state index is 0.0362. The van der Waals surface area contributed by atoms with E-state index in [9.17, 15) is 27.6 Å². The van der Waals surface area contributed by atoms with Crippen molar-refractivity contribution in [1.82, 2.24) is 15.2 Å². The summed E-state index contributed by atoms with van der Waals surface area (Å²) in [5.41, 5.74) is -1.15. The Hall–Kier alpha value is -3.34. The summed E-state index contributed by atoms with van der Waals surface area (Å²) < 4.78 is 40.7. The number of rotatable bonds is 5. The Bertz CT molecular complexity index is 1000. The zero-order valence-corrected chi connectivity index (χ0v) is 16.0. The molecule has 0 spiro atoms. The number of benzene rings is 1. The van der Waals surface area contributed by atoms with Crippen LogP contribution >= 0.6 is 11.6 Å². The molecule has 1 aromatic heterocycles. The molecule has 1 aliphatic rings. The molecule has 2 N–H and O–H groups in total. The summed E-state index contributed by atoms with van der Waals surface area (Å²) in [5.74, 6) is -1.91. The average Bonchev–Trinajstić information content (AvgIpc) is 2.87. The van der Waals surface area contributed by atoms with Crippen LogP contribution in [0.2, 0.25) is 5.15 Å². The first-order valence-corrected chi connectivity index (χ1v) is 8.78. The van der Waals surface area contributed by atoms with E-state index in [0.717, 1.165) is 12.1 Å². The van der Waals surface area contributed by atoms with Crippen LogP contribution < -0.4 is 15.4 Å². The van der Waals surface area contributed by atoms with Crippen molar-refractivity contribution in [3.63, 3.8) is 0 Å². The van der Waals surface area contributed by atoms with Gasteiger partial charge in [0.15, 0.2) is 5.15 Å². The SMILES string of the molecule is CC1(c2ccc(OC(F)(F)F)cc2)NC(=O)N(CC(=O)Nc2cccnc2Cl)C1=O. The molecule has 158 valence electrons. The molecular weight excluding hydrogens is 429 g/mol. The van der Waals surface area contributed by atoms with Gasteiger partial charge in [-0.25, -0.2) is 9.78 Å². The van der Waals surface area contributed by atoms with Gasteiger partial charge in [-0.1, -0.05) is 23.7 Å². The number of hydrogen-bond donors (Lipinski definition) is 2. The highest BCUT2D eigenvalue weighted by atomic mass is 35.5. The Morgan fingerprint density at radius 2 is 1.93 bits per heavy atom. The van der Waals surface area contributed by atoms with Gasteiger partial charge in [-0.3, -0.25) is 14.5 Å². The fraction of sp³-hybridized carbons (Fsp3) is 0.222. The van der Waals surface area contributed by atoms with Crippen molar-refractivity contribution in [3.05, 3.63) is 53.3 Å². The van der Waals surface area contributed by atoms with E-state index in [4.69, 9.17) is 11.6 Å². The number of aromatic nitrogens is 1. The second kappa shape index (κ2) is 7.82. The van der Waals surface area contributed by atoms with Crippen LogP contribution in [0.25, 0.3) is 0 Å². The molecule has 2 heterocycles. The number of imide groups is 1. The lowest BCUT2D eigenvalue weighted by Gasteiger charge is -2.22. The third kappa shape index (κ3) is 4.46. The van der Waals surface area contributed by atoms with E-state index >= 15 is 0 Å². The van der Waals surface area contributed by atoms with E-state index in [-0.39, 0.29) is 16.4 Å². The highest BCUT2D eigenvalue weighted by Crippen LogP contribution is 2.31. The van der Waals surface area contributed by atoms with Gasteiger partial charge < -0.3 is 15.4 Å². The molecular formula is C18H14ClF3N4O4. The van der Waals surface area contributed by atoms with Gasteiger partial charge in [0.1, 0.15) is 17.8 Å². The molecule has 8 nitrogen and oxygen atoms in total. The van der Waals surface area contributed by atoms with E-state index in [1.165, 1.54) is 31.3 Å². The number of pyridine rings is 1. The number of hydrogen-bond acceptors (Lipinski definition) is 5. The first-order chi connectivity index (χ1) is 14.0. The zero-order valence-electron chi connectivity index (χ0n) is 15.3. The number of carbonyl (C=O) groups is 3. The predicted molar refractivity (Wildman–Crippen MR) is 98.6 cm³/mol. The molecule has 0 aliphatic carbocycles. The van der Waals surface area contributed by atoms with Gasteiger partial charge >= 0.3 is 12.4 Å². The maximum absolute atomic E-state index is 12.8. The molecule has 1 aromatic carbocycles. The number of ether oxygens (including phenoxy) is 1. The van der Waals surface area contributed by atoms with E-state index in [1.807, 2.05) is 0 Å². The predicted octanol–water partition coefficient (Wildman–Crippen LogP) is 3.04.